The number of hydrogen-bond donors (Lipinski definition) is 3. The smallest absolute Gasteiger partial charge is 0.116 e. The Morgan fingerprint density at radius 3 is 2.68 bits per heavy atom. The maximum Gasteiger partial charge on any atom is 0.116 e. The third kappa shape index (κ3) is 4.49. The topological polar surface area (TPSA) is 82.3 Å². The monoisotopic (exact) mass is 484 g/mol. The number of H-pyrrole nitrogens is 2. The molecule has 4 aromatic heterocycles. The molecule has 0 atom stereocenters. The van der Waals surface area contributed by atoms with E-state index in [4.69, 9.17) is 0 Å². The predicted octanol–water partition coefficient (Wildman–Crippen LogP) is 7.81. The number of hydrogen-bond acceptors (Lipinski definition) is 4. The maximum absolute atomic E-state index is 4.67. The molecule has 6 aromatic rings. The van der Waals surface area contributed by atoms with Gasteiger partial charge < -0.3 is 10.3 Å². The van der Waals surface area contributed by atoms with Gasteiger partial charge in [-0.15, -0.1) is 0 Å². The van der Waals surface area contributed by atoms with E-state index in [0.717, 1.165) is 73.4 Å². The van der Waals surface area contributed by atoms with Crippen LogP contribution >= 0.6 is 0 Å². The minimum Gasteiger partial charge on any atom is -0.358 e. The molecular formula is C31H28N6. The molecule has 0 saturated carbocycles. The molecule has 0 unspecified atom stereocenters. The number of aromatic nitrogens is 5. The second-order valence-electron chi connectivity index (χ2n) is 9.79. The molecule has 0 amide bonds. The molecule has 182 valence electrons. The number of benzene rings is 2. The van der Waals surface area contributed by atoms with E-state index in [2.05, 4.69) is 99.4 Å². The lowest BCUT2D eigenvalue weighted by Crippen LogP contribution is -2.02. The summed E-state index contributed by atoms with van der Waals surface area (Å²) in [5.41, 5.74) is 9.95. The fourth-order valence-electron chi connectivity index (χ4n) is 4.84. The van der Waals surface area contributed by atoms with Gasteiger partial charge in [-0.3, -0.25) is 15.1 Å². The van der Waals surface area contributed by atoms with Gasteiger partial charge in [0, 0.05) is 45.5 Å². The summed E-state index contributed by atoms with van der Waals surface area (Å²) in [6.07, 6.45) is 6.46. The first-order valence-corrected chi connectivity index (χ1v) is 12.5. The molecule has 37 heavy (non-hydrogen) atoms. The Hall–Kier alpha value is -4.71. The molecule has 0 aliphatic rings. The van der Waals surface area contributed by atoms with Crippen LogP contribution in [0.5, 0.6) is 0 Å². The first kappa shape index (κ1) is 22.7. The van der Waals surface area contributed by atoms with E-state index in [1.165, 1.54) is 0 Å². The van der Waals surface area contributed by atoms with Crippen LogP contribution in [0.4, 0.5) is 5.69 Å². The largest absolute Gasteiger partial charge is 0.358 e. The van der Waals surface area contributed by atoms with Crippen LogP contribution in [-0.2, 0) is 0 Å². The van der Waals surface area contributed by atoms with Crippen LogP contribution < -0.4 is 5.32 Å². The summed E-state index contributed by atoms with van der Waals surface area (Å²) in [6, 6.07) is 22.8. The molecule has 0 aliphatic heterocycles. The van der Waals surface area contributed by atoms with Crippen LogP contribution in [-0.4, -0.2) is 25.1 Å². The zero-order chi connectivity index (χ0) is 25.4. The molecule has 0 aliphatic carbocycles. The SMILES string of the molecule is C=C(CC(C)C)Nc1cncc(-c2ccc3[nH]nc(-c4cc5c(-c6ccccn6)cccc5[nH]4)c3c2)c1. The van der Waals surface area contributed by atoms with Crippen molar-refractivity contribution >= 4 is 27.5 Å². The highest BCUT2D eigenvalue weighted by atomic mass is 15.1. The molecule has 0 fully saturated rings. The van der Waals surface area contributed by atoms with Gasteiger partial charge in [-0.05, 0) is 60.4 Å². The van der Waals surface area contributed by atoms with Crippen LogP contribution in [0.1, 0.15) is 20.3 Å². The lowest BCUT2D eigenvalue weighted by Gasteiger charge is -2.12. The molecule has 6 nitrogen and oxygen atoms in total. The van der Waals surface area contributed by atoms with E-state index in [0.29, 0.717) is 5.92 Å². The van der Waals surface area contributed by atoms with Crippen LogP contribution in [0.2, 0.25) is 0 Å². The molecule has 4 heterocycles. The van der Waals surface area contributed by atoms with Gasteiger partial charge in [0.15, 0.2) is 0 Å². The van der Waals surface area contributed by atoms with Crippen molar-refractivity contribution in [2.75, 3.05) is 5.32 Å². The molecule has 0 radical (unpaired) electrons. The van der Waals surface area contributed by atoms with E-state index in [1.54, 1.807) is 0 Å². The average Bonchev–Trinajstić information content (AvgIpc) is 3.52. The Kier molecular flexibility index (Phi) is 5.77. The van der Waals surface area contributed by atoms with Crippen molar-refractivity contribution in [2.24, 2.45) is 5.92 Å². The minimum atomic E-state index is 0.544. The van der Waals surface area contributed by atoms with Crippen LogP contribution in [0.25, 0.3) is 55.6 Å². The first-order valence-electron chi connectivity index (χ1n) is 12.5. The summed E-state index contributed by atoms with van der Waals surface area (Å²) in [5.74, 6) is 0.544. The second kappa shape index (κ2) is 9.39. The van der Waals surface area contributed by atoms with Gasteiger partial charge in [0.2, 0.25) is 0 Å². The number of rotatable bonds is 7. The Morgan fingerprint density at radius 1 is 0.919 bits per heavy atom. The standard InChI is InChI=1S/C31H28N6/c1-19(2)13-20(3)34-23-14-22(17-32-18-23)21-10-11-29-26(15-21)31(37-36-29)30-16-25-24(7-6-9-28(25)35-30)27-8-4-5-12-33-27/h4-12,14-19,34-35H,3,13H2,1-2H3,(H,36,37). The van der Waals surface area contributed by atoms with Gasteiger partial charge in [0.25, 0.3) is 0 Å². The lowest BCUT2D eigenvalue weighted by molar-refractivity contribution is 0.645. The third-order valence-electron chi connectivity index (χ3n) is 6.47. The molecule has 3 N–H and O–H groups in total. The predicted molar refractivity (Wildman–Crippen MR) is 152 cm³/mol. The lowest BCUT2D eigenvalue weighted by atomic mass is 10.0. The number of fused-ring (bicyclic) bond motifs is 2. The Bertz CT molecular complexity index is 1730. The summed E-state index contributed by atoms with van der Waals surface area (Å²) in [6.45, 7) is 8.53. The number of pyridine rings is 2. The number of aromatic amines is 2. The highest BCUT2D eigenvalue weighted by Crippen LogP contribution is 2.35. The summed E-state index contributed by atoms with van der Waals surface area (Å²) in [7, 11) is 0. The first-order chi connectivity index (χ1) is 18.0. The molecule has 0 saturated heterocycles. The van der Waals surface area contributed by atoms with Crippen molar-refractivity contribution in [3.63, 3.8) is 0 Å². The maximum atomic E-state index is 4.67. The van der Waals surface area contributed by atoms with E-state index < -0.39 is 0 Å². The van der Waals surface area contributed by atoms with E-state index in [1.807, 2.05) is 36.8 Å². The molecule has 2 aromatic carbocycles. The fourth-order valence-corrected chi connectivity index (χ4v) is 4.84. The van der Waals surface area contributed by atoms with E-state index >= 15 is 0 Å². The number of anilines is 1. The highest BCUT2D eigenvalue weighted by molar-refractivity contribution is 6.01. The molecule has 6 rings (SSSR count). The van der Waals surface area contributed by atoms with Gasteiger partial charge in [0.1, 0.15) is 5.69 Å². The van der Waals surface area contributed by atoms with Crippen LogP contribution in [0.15, 0.2) is 97.6 Å². The highest BCUT2D eigenvalue weighted by Gasteiger charge is 2.15. The van der Waals surface area contributed by atoms with Crippen molar-refractivity contribution < 1.29 is 0 Å². The summed E-state index contributed by atoms with van der Waals surface area (Å²) in [5, 5.41) is 13.4. The molecule has 0 bridgehead atoms. The fraction of sp³-hybridized carbons (Fsp3) is 0.129. The number of nitrogens with zero attached hydrogens (tertiary/aromatic N) is 3. The molecule has 0 spiro atoms. The van der Waals surface area contributed by atoms with Crippen molar-refractivity contribution in [2.45, 2.75) is 20.3 Å². The average molecular weight is 485 g/mol. The number of allylic oxidation sites excluding steroid dienone is 1. The minimum absolute atomic E-state index is 0.544. The molecular weight excluding hydrogens is 456 g/mol. The number of nitrogens with one attached hydrogen (secondary N) is 3. The van der Waals surface area contributed by atoms with Gasteiger partial charge >= 0.3 is 0 Å². The quantitative estimate of drug-likeness (QED) is 0.216. The second-order valence-corrected chi connectivity index (χ2v) is 9.79. The normalized spacial score (nSPS) is 11.4. The van der Waals surface area contributed by atoms with E-state index in [-0.39, 0.29) is 0 Å². The van der Waals surface area contributed by atoms with Gasteiger partial charge in [-0.2, -0.15) is 5.10 Å². The van der Waals surface area contributed by atoms with Gasteiger partial charge in [0.05, 0.1) is 28.8 Å². The van der Waals surface area contributed by atoms with E-state index in [9.17, 15) is 0 Å². The summed E-state index contributed by atoms with van der Waals surface area (Å²) < 4.78 is 0. The van der Waals surface area contributed by atoms with Crippen LogP contribution in [0.3, 0.4) is 0 Å². The third-order valence-corrected chi connectivity index (χ3v) is 6.47. The van der Waals surface area contributed by atoms with Crippen molar-refractivity contribution in [3.05, 3.63) is 97.6 Å². The molecule has 6 heteroatoms. The Labute approximate surface area is 215 Å². The Balaban J connectivity index is 1.38. The summed E-state index contributed by atoms with van der Waals surface area (Å²) >= 11 is 0. The van der Waals surface area contributed by atoms with Crippen LogP contribution in [0, 0.1) is 5.92 Å². The van der Waals surface area contributed by atoms with Crippen molar-refractivity contribution in [1.29, 1.82) is 0 Å². The van der Waals surface area contributed by atoms with Gasteiger partial charge in [-0.25, -0.2) is 0 Å². The zero-order valence-electron chi connectivity index (χ0n) is 20.9. The summed E-state index contributed by atoms with van der Waals surface area (Å²) in [4.78, 5) is 12.6. The van der Waals surface area contributed by atoms with Crippen molar-refractivity contribution in [1.82, 2.24) is 25.1 Å². The van der Waals surface area contributed by atoms with Crippen molar-refractivity contribution in [3.8, 4) is 33.8 Å². The Morgan fingerprint density at radius 2 is 1.84 bits per heavy atom. The zero-order valence-corrected chi connectivity index (χ0v) is 20.9. The van der Waals surface area contributed by atoms with Gasteiger partial charge in [-0.1, -0.05) is 44.7 Å².